The van der Waals surface area contributed by atoms with Crippen LogP contribution in [0, 0.1) is 12.7 Å². The number of hydrogen-bond donors (Lipinski definition) is 2. The van der Waals surface area contributed by atoms with E-state index >= 15 is 0 Å². The number of amides is 1. The van der Waals surface area contributed by atoms with E-state index in [1.165, 1.54) is 12.4 Å². The second kappa shape index (κ2) is 11.7. The van der Waals surface area contributed by atoms with Crippen LogP contribution in [0.3, 0.4) is 0 Å². The Morgan fingerprint density at radius 3 is 2.65 bits per heavy atom. The molecule has 10 heteroatoms. The zero-order valence-corrected chi connectivity index (χ0v) is 21.3. The van der Waals surface area contributed by atoms with Crippen LogP contribution >= 0.6 is 0 Å². The summed E-state index contributed by atoms with van der Waals surface area (Å²) in [5.41, 5.74) is 5.63. The van der Waals surface area contributed by atoms with Crippen molar-refractivity contribution in [3.05, 3.63) is 65.9 Å². The van der Waals surface area contributed by atoms with E-state index in [-0.39, 0.29) is 11.7 Å². The number of carbonyl (C=O) groups is 1. The summed E-state index contributed by atoms with van der Waals surface area (Å²) in [5, 5.41) is 4.03. The van der Waals surface area contributed by atoms with E-state index in [2.05, 4.69) is 20.8 Å². The van der Waals surface area contributed by atoms with E-state index in [1.54, 1.807) is 38.3 Å². The van der Waals surface area contributed by atoms with Crippen LogP contribution < -0.4 is 20.3 Å². The molecule has 194 valence electrons. The van der Waals surface area contributed by atoms with Gasteiger partial charge in [-0.05, 0) is 51.1 Å². The number of anilines is 1. The summed E-state index contributed by atoms with van der Waals surface area (Å²) < 4.78 is 27.6. The lowest BCUT2D eigenvalue weighted by Gasteiger charge is -2.13. The van der Waals surface area contributed by atoms with E-state index in [1.807, 2.05) is 30.5 Å². The molecule has 0 atom stereocenters. The van der Waals surface area contributed by atoms with Crippen molar-refractivity contribution in [3.63, 3.8) is 0 Å². The molecule has 9 nitrogen and oxygen atoms in total. The summed E-state index contributed by atoms with van der Waals surface area (Å²) in [5.74, 6) is 1.01. The highest BCUT2D eigenvalue weighted by atomic mass is 19.1. The Labute approximate surface area is 214 Å². The molecule has 1 amide bonds. The zero-order chi connectivity index (χ0) is 26.4. The maximum Gasteiger partial charge on any atom is 0.278 e. The number of rotatable bonds is 11. The van der Waals surface area contributed by atoms with Crippen molar-refractivity contribution >= 4 is 22.6 Å². The van der Waals surface area contributed by atoms with Crippen LogP contribution in [0.15, 0.2) is 48.8 Å². The second-order valence-corrected chi connectivity index (χ2v) is 8.17. The van der Waals surface area contributed by atoms with Gasteiger partial charge < -0.3 is 19.4 Å². The minimum absolute atomic E-state index is 0.295. The number of hydroxylamine groups is 1. The summed E-state index contributed by atoms with van der Waals surface area (Å²) in [7, 11) is 1.58. The van der Waals surface area contributed by atoms with Gasteiger partial charge in [0.1, 0.15) is 29.5 Å². The number of aryl methyl sites for hydroxylation is 1. The normalized spacial score (nSPS) is 10.9. The first-order valence-electron chi connectivity index (χ1n) is 12.0. The molecule has 0 spiro atoms. The van der Waals surface area contributed by atoms with Crippen LogP contribution in [0.5, 0.6) is 11.5 Å². The fourth-order valence-electron chi connectivity index (χ4n) is 4.15. The molecule has 0 saturated heterocycles. The van der Waals surface area contributed by atoms with Crippen molar-refractivity contribution in [2.24, 2.45) is 0 Å². The number of halogens is 1. The highest BCUT2D eigenvalue weighted by Gasteiger charge is 2.16. The van der Waals surface area contributed by atoms with Gasteiger partial charge in [0.05, 0.1) is 37.1 Å². The van der Waals surface area contributed by atoms with E-state index < -0.39 is 0 Å². The van der Waals surface area contributed by atoms with Crippen LogP contribution in [-0.4, -0.2) is 47.3 Å². The fourth-order valence-corrected chi connectivity index (χ4v) is 4.15. The number of ether oxygens (including phenoxy) is 2. The van der Waals surface area contributed by atoms with E-state index in [0.29, 0.717) is 60.4 Å². The van der Waals surface area contributed by atoms with Gasteiger partial charge in [-0.1, -0.05) is 6.07 Å². The molecule has 0 radical (unpaired) electrons. The first kappa shape index (κ1) is 25.9. The summed E-state index contributed by atoms with van der Waals surface area (Å²) in [6, 6.07) is 12.0. The molecule has 0 aliphatic heterocycles. The first-order valence-corrected chi connectivity index (χ1v) is 12.0. The maximum atomic E-state index is 14.6. The third-order valence-corrected chi connectivity index (χ3v) is 5.84. The molecule has 4 rings (SSSR count). The van der Waals surface area contributed by atoms with Gasteiger partial charge in [0.25, 0.3) is 5.91 Å². The van der Waals surface area contributed by atoms with Crippen molar-refractivity contribution in [3.8, 4) is 22.8 Å². The number of carbonyl (C=O) groups excluding carboxylic acids is 1. The highest BCUT2D eigenvalue weighted by molar-refractivity contribution is 5.97. The smallest absolute Gasteiger partial charge is 0.278 e. The van der Waals surface area contributed by atoms with Crippen molar-refractivity contribution in [1.29, 1.82) is 0 Å². The van der Waals surface area contributed by atoms with Gasteiger partial charge in [0.15, 0.2) is 0 Å². The Hall–Kier alpha value is -4.18. The van der Waals surface area contributed by atoms with Crippen LogP contribution in [0.4, 0.5) is 10.2 Å². The number of hydrogen-bond acceptors (Lipinski definition) is 7. The van der Waals surface area contributed by atoms with Crippen molar-refractivity contribution in [2.45, 2.75) is 27.3 Å². The van der Waals surface area contributed by atoms with Gasteiger partial charge in [-0.2, -0.15) is 0 Å². The largest absolute Gasteiger partial charge is 0.496 e. The van der Waals surface area contributed by atoms with Crippen LogP contribution in [0.2, 0.25) is 0 Å². The molecule has 2 aromatic heterocycles. The molecule has 0 fully saturated rings. The average molecular weight is 508 g/mol. The maximum absolute atomic E-state index is 14.6. The first-order chi connectivity index (χ1) is 18.0. The Kier molecular flexibility index (Phi) is 8.19. The van der Waals surface area contributed by atoms with E-state index in [0.717, 1.165) is 16.6 Å². The number of benzene rings is 2. The number of nitrogens with zero attached hydrogens (tertiary/aromatic N) is 3. The highest BCUT2D eigenvalue weighted by Crippen LogP contribution is 2.31. The van der Waals surface area contributed by atoms with E-state index in [4.69, 9.17) is 14.3 Å². The van der Waals surface area contributed by atoms with Gasteiger partial charge in [-0.25, -0.2) is 19.8 Å². The molecule has 0 saturated carbocycles. The van der Waals surface area contributed by atoms with Gasteiger partial charge in [-0.3, -0.25) is 9.63 Å². The summed E-state index contributed by atoms with van der Waals surface area (Å²) >= 11 is 0. The lowest BCUT2D eigenvalue weighted by Crippen LogP contribution is -2.24. The number of aromatic nitrogens is 3. The summed E-state index contributed by atoms with van der Waals surface area (Å²) in [6.45, 7) is 7.36. The van der Waals surface area contributed by atoms with Gasteiger partial charge in [0, 0.05) is 35.8 Å². The van der Waals surface area contributed by atoms with Crippen molar-refractivity contribution in [1.82, 2.24) is 20.0 Å². The Morgan fingerprint density at radius 2 is 1.89 bits per heavy atom. The zero-order valence-electron chi connectivity index (χ0n) is 21.3. The number of nitrogens with one attached hydrogen (secondary N) is 2. The third kappa shape index (κ3) is 5.64. The Balaban J connectivity index is 1.51. The molecule has 2 aromatic carbocycles. The molecule has 0 unspecified atom stereocenters. The van der Waals surface area contributed by atoms with E-state index in [9.17, 15) is 9.18 Å². The number of fused-ring (bicyclic) bond motifs is 1. The van der Waals surface area contributed by atoms with Crippen molar-refractivity contribution in [2.75, 3.05) is 32.2 Å². The molecule has 0 bridgehead atoms. The molecular formula is C27H30FN5O4. The molecule has 37 heavy (non-hydrogen) atoms. The molecule has 4 aromatic rings. The van der Waals surface area contributed by atoms with Crippen LogP contribution in [0.25, 0.3) is 22.2 Å². The average Bonchev–Trinajstić information content (AvgIpc) is 3.24. The lowest BCUT2D eigenvalue weighted by atomic mass is 10.1. The topological polar surface area (TPSA) is 99.5 Å². The molecule has 2 N–H and O–H groups in total. The SMILES string of the molecule is CCONC(=O)c1ccc(-c2cc(NCCn3c(C)cc4c(OC)ccc(F)c43)ncn2)cc1OCC. The molecule has 0 aliphatic carbocycles. The predicted octanol–water partition coefficient (Wildman–Crippen LogP) is 4.75. The molecule has 2 heterocycles. The number of methoxy groups -OCH3 is 1. The lowest BCUT2D eigenvalue weighted by molar-refractivity contribution is 0.0361. The quantitative estimate of drug-likeness (QED) is 0.283. The second-order valence-electron chi connectivity index (χ2n) is 8.17. The van der Waals surface area contributed by atoms with Gasteiger partial charge in [-0.15, -0.1) is 0 Å². The fraction of sp³-hybridized carbons (Fsp3) is 0.296. The predicted molar refractivity (Wildman–Crippen MR) is 139 cm³/mol. The van der Waals surface area contributed by atoms with Gasteiger partial charge in [0.2, 0.25) is 0 Å². The summed E-state index contributed by atoms with van der Waals surface area (Å²) in [6.07, 6.45) is 1.47. The Bertz CT molecular complexity index is 1410. The van der Waals surface area contributed by atoms with Crippen LogP contribution in [-0.2, 0) is 11.4 Å². The monoisotopic (exact) mass is 507 g/mol. The Morgan fingerprint density at radius 1 is 1.05 bits per heavy atom. The standard InChI is InChI=1S/C27H30FN5O4/c1-5-36-24-14-18(7-8-19(24)27(34)32-37-6-2)22-15-25(31-16-30-22)29-11-12-33-17(3)13-20-23(35-4)10-9-21(28)26(20)33/h7-10,13-16H,5-6,11-12H2,1-4H3,(H,32,34)(H,29,30,31). The van der Waals surface area contributed by atoms with Crippen molar-refractivity contribution < 1.29 is 23.5 Å². The molecule has 0 aliphatic rings. The minimum Gasteiger partial charge on any atom is -0.496 e. The van der Waals surface area contributed by atoms with Crippen LogP contribution in [0.1, 0.15) is 29.9 Å². The van der Waals surface area contributed by atoms with Gasteiger partial charge >= 0.3 is 0 Å². The summed E-state index contributed by atoms with van der Waals surface area (Å²) in [4.78, 5) is 26.1. The third-order valence-electron chi connectivity index (χ3n) is 5.84. The minimum atomic E-state index is -0.385. The molecular weight excluding hydrogens is 477 g/mol.